The lowest BCUT2D eigenvalue weighted by Gasteiger charge is -2.21. The van der Waals surface area contributed by atoms with Gasteiger partial charge in [0, 0.05) is 39.4 Å². The molecule has 5 nitrogen and oxygen atoms in total. The Morgan fingerprint density at radius 2 is 1.77 bits per heavy atom. The van der Waals surface area contributed by atoms with Crippen LogP contribution >= 0.6 is 0 Å². The summed E-state index contributed by atoms with van der Waals surface area (Å²) in [6.45, 7) is 11.0. The van der Waals surface area contributed by atoms with E-state index in [4.69, 9.17) is 0 Å². The third-order valence-corrected chi connectivity index (χ3v) is 4.77. The molecular weight excluding hydrogens is 322 g/mol. The van der Waals surface area contributed by atoms with Gasteiger partial charge in [0.15, 0.2) is 5.96 Å². The molecule has 1 aromatic carbocycles. The minimum absolute atomic E-state index is 0.427. The summed E-state index contributed by atoms with van der Waals surface area (Å²) in [5, 5.41) is 6.93. The van der Waals surface area contributed by atoms with Gasteiger partial charge in [-0.2, -0.15) is 0 Å². The first-order valence-corrected chi connectivity index (χ1v) is 9.95. The Kier molecular flexibility index (Phi) is 10.8. The van der Waals surface area contributed by atoms with Crippen molar-refractivity contribution in [3.63, 3.8) is 0 Å². The fourth-order valence-corrected chi connectivity index (χ4v) is 2.95. The zero-order valence-corrected chi connectivity index (χ0v) is 17.7. The maximum Gasteiger partial charge on any atom is 0.191 e. The zero-order valence-electron chi connectivity index (χ0n) is 17.7. The highest BCUT2D eigenvalue weighted by molar-refractivity contribution is 5.79. The lowest BCUT2D eigenvalue weighted by atomic mass is 10.1. The van der Waals surface area contributed by atoms with Gasteiger partial charge in [-0.3, -0.25) is 4.99 Å². The van der Waals surface area contributed by atoms with Gasteiger partial charge in [-0.05, 0) is 63.5 Å². The van der Waals surface area contributed by atoms with E-state index in [9.17, 15) is 0 Å². The van der Waals surface area contributed by atoms with Gasteiger partial charge < -0.3 is 20.4 Å². The topological polar surface area (TPSA) is 42.9 Å². The van der Waals surface area contributed by atoms with Crippen LogP contribution in [0.1, 0.15) is 39.2 Å². The van der Waals surface area contributed by atoms with Crippen LogP contribution in [0.15, 0.2) is 29.3 Å². The Balaban J connectivity index is 2.29. The molecule has 0 saturated heterocycles. The number of hydrogen-bond acceptors (Lipinski definition) is 3. The highest BCUT2D eigenvalue weighted by Gasteiger charge is 2.06. The van der Waals surface area contributed by atoms with Gasteiger partial charge in [-0.15, -0.1) is 0 Å². The van der Waals surface area contributed by atoms with E-state index < -0.39 is 0 Å². The van der Waals surface area contributed by atoms with Gasteiger partial charge in [0.2, 0.25) is 0 Å². The normalized spacial score (nSPS) is 13.0. The van der Waals surface area contributed by atoms with Crippen LogP contribution in [0.5, 0.6) is 0 Å². The Morgan fingerprint density at radius 3 is 2.31 bits per heavy atom. The van der Waals surface area contributed by atoms with E-state index >= 15 is 0 Å². The maximum absolute atomic E-state index is 4.35. The largest absolute Gasteiger partial charge is 0.378 e. The smallest absolute Gasteiger partial charge is 0.191 e. The molecule has 5 heteroatoms. The van der Waals surface area contributed by atoms with E-state index in [2.05, 4.69) is 84.6 Å². The minimum Gasteiger partial charge on any atom is -0.378 e. The predicted molar refractivity (Wildman–Crippen MR) is 115 cm³/mol. The van der Waals surface area contributed by atoms with E-state index in [1.807, 2.05) is 7.05 Å². The first kappa shape index (κ1) is 22.3. The third kappa shape index (κ3) is 8.56. The summed E-state index contributed by atoms with van der Waals surface area (Å²) in [6.07, 6.45) is 3.36. The first-order valence-electron chi connectivity index (χ1n) is 9.95. The van der Waals surface area contributed by atoms with Crippen LogP contribution in [0.4, 0.5) is 5.69 Å². The molecule has 2 N–H and O–H groups in total. The van der Waals surface area contributed by atoms with E-state index in [0.29, 0.717) is 6.04 Å². The van der Waals surface area contributed by atoms with Crippen molar-refractivity contribution in [2.75, 3.05) is 52.2 Å². The molecule has 0 aliphatic carbocycles. The second-order valence-corrected chi connectivity index (χ2v) is 7.02. The number of hydrogen-bond donors (Lipinski definition) is 2. The maximum atomic E-state index is 4.35. The van der Waals surface area contributed by atoms with Crippen molar-refractivity contribution < 1.29 is 0 Å². The summed E-state index contributed by atoms with van der Waals surface area (Å²) in [4.78, 5) is 8.94. The van der Waals surface area contributed by atoms with Crippen molar-refractivity contribution in [3.8, 4) is 0 Å². The summed E-state index contributed by atoms with van der Waals surface area (Å²) in [6, 6.07) is 9.16. The molecule has 1 atom stereocenters. The third-order valence-electron chi connectivity index (χ3n) is 4.77. The Morgan fingerprint density at radius 1 is 1.12 bits per heavy atom. The van der Waals surface area contributed by atoms with Crippen molar-refractivity contribution in [2.24, 2.45) is 4.99 Å². The number of rotatable bonds is 11. The quantitative estimate of drug-likeness (QED) is 0.470. The molecule has 1 aromatic rings. The molecule has 0 radical (unpaired) electrons. The Bertz CT molecular complexity index is 506. The van der Waals surface area contributed by atoms with Crippen molar-refractivity contribution in [3.05, 3.63) is 29.8 Å². The highest BCUT2D eigenvalue weighted by Crippen LogP contribution is 2.12. The second kappa shape index (κ2) is 12.6. The standard InChI is InChI=1S/C21H39N5/c1-7-26(8-2)17-9-10-18(3)24-21(22-4)23-16-15-19-11-13-20(14-12-19)25(5)6/h11-14,18H,7-10,15-17H2,1-6H3,(H2,22,23,24). The molecule has 0 bridgehead atoms. The summed E-state index contributed by atoms with van der Waals surface area (Å²) in [5.74, 6) is 0.894. The number of nitrogens with one attached hydrogen (secondary N) is 2. The lowest BCUT2D eigenvalue weighted by Crippen LogP contribution is -2.43. The number of nitrogens with zero attached hydrogens (tertiary/aromatic N) is 3. The first-order chi connectivity index (χ1) is 12.5. The molecule has 1 unspecified atom stereocenters. The predicted octanol–water partition coefficient (Wildman–Crippen LogP) is 2.97. The van der Waals surface area contributed by atoms with E-state index in [-0.39, 0.29) is 0 Å². The van der Waals surface area contributed by atoms with Crippen LogP contribution < -0.4 is 15.5 Å². The minimum atomic E-state index is 0.427. The molecule has 0 aliphatic heterocycles. The molecule has 0 aliphatic rings. The Labute approximate surface area is 160 Å². The van der Waals surface area contributed by atoms with Crippen molar-refractivity contribution >= 4 is 11.6 Å². The van der Waals surface area contributed by atoms with Crippen LogP contribution in [-0.2, 0) is 6.42 Å². The summed E-state index contributed by atoms with van der Waals surface area (Å²) in [7, 11) is 5.97. The number of benzene rings is 1. The second-order valence-electron chi connectivity index (χ2n) is 7.02. The monoisotopic (exact) mass is 361 g/mol. The molecule has 0 spiro atoms. The van der Waals surface area contributed by atoms with Gasteiger partial charge in [0.25, 0.3) is 0 Å². The van der Waals surface area contributed by atoms with Gasteiger partial charge in [0.05, 0.1) is 0 Å². The molecule has 26 heavy (non-hydrogen) atoms. The Hall–Kier alpha value is -1.75. The average molecular weight is 362 g/mol. The molecule has 0 saturated carbocycles. The van der Waals surface area contributed by atoms with E-state index in [0.717, 1.165) is 38.4 Å². The fraction of sp³-hybridized carbons (Fsp3) is 0.667. The SMILES string of the molecule is CCN(CC)CCCC(C)NC(=NC)NCCc1ccc(N(C)C)cc1. The highest BCUT2D eigenvalue weighted by atomic mass is 15.2. The number of guanidine groups is 1. The number of aliphatic imine (C=N–C) groups is 1. The molecule has 0 amide bonds. The van der Waals surface area contributed by atoms with Gasteiger partial charge in [-0.1, -0.05) is 26.0 Å². The van der Waals surface area contributed by atoms with Crippen molar-refractivity contribution in [2.45, 2.75) is 46.1 Å². The van der Waals surface area contributed by atoms with Crippen molar-refractivity contribution in [1.29, 1.82) is 0 Å². The van der Waals surface area contributed by atoms with Gasteiger partial charge in [0.1, 0.15) is 0 Å². The molecule has 0 fully saturated rings. The van der Waals surface area contributed by atoms with E-state index in [1.54, 1.807) is 0 Å². The molecule has 148 valence electrons. The van der Waals surface area contributed by atoms with Crippen molar-refractivity contribution in [1.82, 2.24) is 15.5 Å². The van der Waals surface area contributed by atoms with Gasteiger partial charge in [-0.25, -0.2) is 0 Å². The molecule has 1 rings (SSSR count). The van der Waals surface area contributed by atoms with E-state index in [1.165, 1.54) is 24.2 Å². The van der Waals surface area contributed by atoms with Crippen LogP contribution in [-0.4, -0.2) is 64.2 Å². The van der Waals surface area contributed by atoms with Crippen LogP contribution in [0.2, 0.25) is 0 Å². The number of anilines is 1. The molecule has 0 heterocycles. The average Bonchev–Trinajstić information content (AvgIpc) is 2.64. The fourth-order valence-electron chi connectivity index (χ4n) is 2.95. The van der Waals surface area contributed by atoms with Gasteiger partial charge >= 0.3 is 0 Å². The summed E-state index contributed by atoms with van der Waals surface area (Å²) in [5.41, 5.74) is 2.57. The zero-order chi connectivity index (χ0) is 19.4. The summed E-state index contributed by atoms with van der Waals surface area (Å²) >= 11 is 0. The van der Waals surface area contributed by atoms with Crippen LogP contribution in [0, 0.1) is 0 Å². The van der Waals surface area contributed by atoms with Crippen LogP contribution in [0.25, 0.3) is 0 Å². The van der Waals surface area contributed by atoms with Crippen LogP contribution in [0.3, 0.4) is 0 Å². The summed E-state index contributed by atoms with van der Waals surface area (Å²) < 4.78 is 0. The lowest BCUT2D eigenvalue weighted by molar-refractivity contribution is 0.292. The molecule has 0 aromatic heterocycles. The molecular formula is C21H39N5.